The smallest absolute Gasteiger partial charge is 0.346 e. The van der Waals surface area contributed by atoms with Crippen LogP contribution < -0.4 is 15.0 Å². The van der Waals surface area contributed by atoms with E-state index in [1.165, 1.54) is 12.1 Å². The van der Waals surface area contributed by atoms with Crippen molar-refractivity contribution in [3.05, 3.63) is 59.9 Å². The van der Waals surface area contributed by atoms with Gasteiger partial charge in [0.25, 0.3) is 5.91 Å². The summed E-state index contributed by atoms with van der Waals surface area (Å²) in [5.74, 6) is -1.95. The first-order valence-electron chi connectivity index (χ1n) is 8.77. The van der Waals surface area contributed by atoms with Gasteiger partial charge in [0.15, 0.2) is 0 Å². The Morgan fingerprint density at radius 3 is 2.39 bits per heavy atom. The summed E-state index contributed by atoms with van der Waals surface area (Å²) in [6.45, 7) is 0.392. The van der Waals surface area contributed by atoms with E-state index < -0.39 is 23.8 Å². The van der Waals surface area contributed by atoms with Gasteiger partial charge in [-0.05, 0) is 55.0 Å². The Morgan fingerprint density at radius 2 is 1.82 bits per heavy atom. The molecule has 1 aliphatic rings. The number of carboxylic acids is 1. The second-order valence-electron chi connectivity index (χ2n) is 6.30. The average Bonchev–Trinajstić information content (AvgIpc) is 3.12. The zero-order chi connectivity index (χ0) is 20.1. The molecular formula is C20H19FN2O5. The van der Waals surface area contributed by atoms with Gasteiger partial charge >= 0.3 is 5.97 Å². The Balaban J connectivity index is 1.58. The summed E-state index contributed by atoms with van der Waals surface area (Å²) in [6, 6.07) is 11.4. The average molecular weight is 386 g/mol. The van der Waals surface area contributed by atoms with Crippen LogP contribution >= 0.6 is 0 Å². The van der Waals surface area contributed by atoms with Crippen LogP contribution in [0.1, 0.15) is 23.2 Å². The number of nitrogens with one attached hydrogen (secondary N) is 1. The van der Waals surface area contributed by atoms with Crippen molar-refractivity contribution >= 4 is 23.5 Å². The lowest BCUT2D eigenvalue weighted by Gasteiger charge is -2.17. The van der Waals surface area contributed by atoms with Gasteiger partial charge in [-0.15, -0.1) is 0 Å². The molecule has 1 unspecified atom stereocenters. The first-order chi connectivity index (χ1) is 13.4. The Bertz CT molecular complexity index is 867. The molecule has 2 amide bonds. The first-order valence-corrected chi connectivity index (χ1v) is 8.77. The maximum atomic E-state index is 12.9. The molecule has 1 heterocycles. The number of ether oxygens (including phenoxy) is 1. The fourth-order valence-corrected chi connectivity index (χ4v) is 2.86. The monoisotopic (exact) mass is 386 g/mol. The van der Waals surface area contributed by atoms with Crippen molar-refractivity contribution < 1.29 is 28.6 Å². The summed E-state index contributed by atoms with van der Waals surface area (Å²) in [5, 5.41) is 11.8. The summed E-state index contributed by atoms with van der Waals surface area (Å²) in [5.41, 5.74) is 1.06. The highest BCUT2D eigenvalue weighted by Gasteiger charge is 2.23. The standard InChI is InChI=1S/C20H19FN2O5/c21-14-5-9-16(10-6-14)28-17(20(26)27)12-22-19(25)13-3-7-15(8-4-13)23-11-1-2-18(23)24/h3-10,17H,1-2,11-12H2,(H,22,25)(H,26,27). The van der Waals surface area contributed by atoms with Gasteiger partial charge in [0.05, 0.1) is 6.54 Å². The molecule has 1 fully saturated rings. The largest absolute Gasteiger partial charge is 0.478 e. The predicted octanol–water partition coefficient (Wildman–Crippen LogP) is 2.21. The van der Waals surface area contributed by atoms with Gasteiger partial charge in [0.1, 0.15) is 11.6 Å². The topological polar surface area (TPSA) is 95.9 Å². The minimum absolute atomic E-state index is 0.0550. The SMILES string of the molecule is O=C(NCC(Oc1ccc(F)cc1)C(=O)O)c1ccc(N2CCCC2=O)cc1. The number of hydrogen-bond donors (Lipinski definition) is 2. The van der Waals surface area contributed by atoms with Gasteiger partial charge in [-0.1, -0.05) is 0 Å². The van der Waals surface area contributed by atoms with Crippen molar-refractivity contribution in [2.24, 2.45) is 0 Å². The van der Waals surface area contributed by atoms with Gasteiger partial charge < -0.3 is 20.1 Å². The maximum absolute atomic E-state index is 12.9. The van der Waals surface area contributed by atoms with Crippen LogP contribution in [0.25, 0.3) is 0 Å². The summed E-state index contributed by atoms with van der Waals surface area (Å²) in [6.07, 6.45) is 0.00868. The summed E-state index contributed by atoms with van der Waals surface area (Å²) >= 11 is 0. The van der Waals surface area contributed by atoms with Crippen LogP contribution in [0.3, 0.4) is 0 Å². The van der Waals surface area contributed by atoms with Crippen molar-refractivity contribution in [1.82, 2.24) is 5.32 Å². The molecule has 0 saturated carbocycles. The second kappa shape index (κ2) is 8.51. The van der Waals surface area contributed by atoms with E-state index in [4.69, 9.17) is 4.74 Å². The van der Waals surface area contributed by atoms with Crippen molar-refractivity contribution in [1.29, 1.82) is 0 Å². The molecule has 0 bridgehead atoms. The van der Waals surface area contributed by atoms with Crippen molar-refractivity contribution in [2.45, 2.75) is 18.9 Å². The number of carbonyl (C=O) groups excluding carboxylic acids is 2. The molecule has 8 heteroatoms. The van der Waals surface area contributed by atoms with Crippen LogP contribution in [0, 0.1) is 5.82 Å². The van der Waals surface area contributed by atoms with Crippen molar-refractivity contribution in [3.63, 3.8) is 0 Å². The number of nitrogens with zero attached hydrogens (tertiary/aromatic N) is 1. The van der Waals surface area contributed by atoms with E-state index in [9.17, 15) is 23.9 Å². The van der Waals surface area contributed by atoms with Gasteiger partial charge in [-0.2, -0.15) is 0 Å². The molecule has 2 aromatic carbocycles. The summed E-state index contributed by atoms with van der Waals surface area (Å²) in [7, 11) is 0. The highest BCUT2D eigenvalue weighted by atomic mass is 19.1. The zero-order valence-electron chi connectivity index (χ0n) is 14.9. The van der Waals surface area contributed by atoms with Gasteiger partial charge in [-0.25, -0.2) is 9.18 Å². The van der Waals surface area contributed by atoms with Crippen molar-refractivity contribution in [3.8, 4) is 5.75 Å². The number of aliphatic carboxylic acids is 1. The summed E-state index contributed by atoms with van der Waals surface area (Å²) < 4.78 is 18.2. The molecule has 0 aliphatic carbocycles. The van der Waals surface area contributed by atoms with E-state index in [0.717, 1.165) is 24.2 Å². The normalized spacial score (nSPS) is 14.6. The van der Waals surface area contributed by atoms with Crippen molar-refractivity contribution in [2.75, 3.05) is 18.0 Å². The molecule has 7 nitrogen and oxygen atoms in total. The zero-order valence-corrected chi connectivity index (χ0v) is 14.9. The van der Waals surface area contributed by atoms with E-state index in [1.54, 1.807) is 29.2 Å². The lowest BCUT2D eigenvalue weighted by atomic mass is 10.2. The number of anilines is 1. The number of carbonyl (C=O) groups is 3. The number of hydrogen-bond acceptors (Lipinski definition) is 4. The van der Waals surface area contributed by atoms with E-state index >= 15 is 0 Å². The van der Waals surface area contributed by atoms with Gasteiger partial charge in [-0.3, -0.25) is 9.59 Å². The predicted molar refractivity (Wildman–Crippen MR) is 98.8 cm³/mol. The molecule has 1 atom stereocenters. The molecule has 28 heavy (non-hydrogen) atoms. The Hall–Kier alpha value is -3.42. The Labute approximate surface area is 160 Å². The molecular weight excluding hydrogens is 367 g/mol. The molecule has 2 aromatic rings. The first kappa shape index (κ1) is 19.3. The molecule has 1 aliphatic heterocycles. The highest BCUT2D eigenvalue weighted by Crippen LogP contribution is 2.21. The third kappa shape index (κ3) is 4.64. The minimum atomic E-state index is -1.32. The van der Waals surface area contributed by atoms with E-state index in [2.05, 4.69) is 5.32 Å². The molecule has 146 valence electrons. The van der Waals surface area contributed by atoms with Crippen LogP contribution in [0.4, 0.5) is 10.1 Å². The number of benzene rings is 2. The van der Waals surface area contributed by atoms with Crippen LogP contribution in [-0.2, 0) is 9.59 Å². The third-order valence-electron chi connectivity index (χ3n) is 4.33. The lowest BCUT2D eigenvalue weighted by molar-refractivity contribution is -0.144. The highest BCUT2D eigenvalue weighted by molar-refractivity contribution is 5.97. The second-order valence-corrected chi connectivity index (χ2v) is 6.30. The molecule has 0 radical (unpaired) electrons. The lowest BCUT2D eigenvalue weighted by Crippen LogP contribution is -2.40. The quantitative estimate of drug-likeness (QED) is 0.761. The minimum Gasteiger partial charge on any atom is -0.478 e. The van der Waals surface area contributed by atoms with Gasteiger partial charge in [0, 0.05) is 24.2 Å². The fourth-order valence-electron chi connectivity index (χ4n) is 2.86. The number of carboxylic acid groups (broad SMARTS) is 1. The van der Waals surface area contributed by atoms with Gasteiger partial charge in [0.2, 0.25) is 12.0 Å². The fraction of sp³-hybridized carbons (Fsp3) is 0.250. The molecule has 2 N–H and O–H groups in total. The number of amides is 2. The Morgan fingerprint density at radius 1 is 1.14 bits per heavy atom. The van der Waals surface area contributed by atoms with Crippen LogP contribution in [0.15, 0.2) is 48.5 Å². The Kier molecular flexibility index (Phi) is 5.88. The van der Waals surface area contributed by atoms with Crippen LogP contribution in [-0.4, -0.2) is 42.1 Å². The van der Waals surface area contributed by atoms with Crippen LogP contribution in [0.5, 0.6) is 5.75 Å². The molecule has 1 saturated heterocycles. The number of halogens is 1. The van der Waals surface area contributed by atoms with Crippen LogP contribution in [0.2, 0.25) is 0 Å². The summed E-state index contributed by atoms with van der Waals surface area (Å²) in [4.78, 5) is 37.1. The maximum Gasteiger partial charge on any atom is 0.346 e. The van der Waals surface area contributed by atoms with E-state index in [-0.39, 0.29) is 18.2 Å². The number of rotatable bonds is 7. The molecule has 3 rings (SSSR count). The van der Waals surface area contributed by atoms with E-state index in [1.807, 2.05) is 0 Å². The third-order valence-corrected chi connectivity index (χ3v) is 4.33. The van der Waals surface area contributed by atoms with E-state index in [0.29, 0.717) is 18.5 Å². The molecule has 0 spiro atoms. The molecule has 0 aromatic heterocycles.